The van der Waals surface area contributed by atoms with Gasteiger partial charge in [-0.1, -0.05) is 13.8 Å². The van der Waals surface area contributed by atoms with Crippen molar-refractivity contribution < 1.29 is 23.8 Å². The van der Waals surface area contributed by atoms with E-state index in [1.165, 1.54) is 0 Å². The lowest BCUT2D eigenvalue weighted by Crippen LogP contribution is -2.45. The first-order chi connectivity index (χ1) is 6.99. The average molecular weight is 221 g/mol. The SMILES string of the molecule is CC(C)C(NC(=O)COCCF)C(=O)O. The third-order valence-corrected chi connectivity index (χ3v) is 1.70. The molecule has 0 aliphatic heterocycles. The topological polar surface area (TPSA) is 75.6 Å². The lowest BCUT2D eigenvalue weighted by Gasteiger charge is -2.17. The molecule has 0 spiro atoms. The second kappa shape index (κ2) is 7.17. The van der Waals surface area contributed by atoms with Gasteiger partial charge in [-0.3, -0.25) is 4.79 Å². The molecular weight excluding hydrogens is 205 g/mol. The van der Waals surface area contributed by atoms with Crippen molar-refractivity contribution in [3.05, 3.63) is 0 Å². The highest BCUT2D eigenvalue weighted by Gasteiger charge is 2.23. The molecule has 0 aromatic carbocycles. The number of nitrogens with one attached hydrogen (secondary N) is 1. The Balaban J connectivity index is 3.95. The normalized spacial score (nSPS) is 12.5. The maximum atomic E-state index is 11.6. The fraction of sp³-hybridized carbons (Fsp3) is 0.778. The zero-order valence-electron chi connectivity index (χ0n) is 8.83. The van der Waals surface area contributed by atoms with Gasteiger partial charge < -0.3 is 15.2 Å². The molecule has 15 heavy (non-hydrogen) atoms. The van der Waals surface area contributed by atoms with Crippen LogP contribution < -0.4 is 5.32 Å². The number of rotatable bonds is 7. The van der Waals surface area contributed by atoms with Gasteiger partial charge in [-0.05, 0) is 5.92 Å². The number of alkyl halides is 1. The molecule has 0 rings (SSSR count). The van der Waals surface area contributed by atoms with Crippen molar-refractivity contribution >= 4 is 11.9 Å². The molecule has 0 aliphatic rings. The van der Waals surface area contributed by atoms with Crippen LogP contribution in [0.4, 0.5) is 4.39 Å². The number of hydrogen-bond donors (Lipinski definition) is 2. The Morgan fingerprint density at radius 3 is 2.47 bits per heavy atom. The molecule has 0 saturated heterocycles. The molecule has 0 aromatic rings. The highest BCUT2D eigenvalue weighted by molar-refractivity contribution is 5.84. The highest BCUT2D eigenvalue weighted by atomic mass is 19.1. The Kier molecular flexibility index (Phi) is 6.61. The quantitative estimate of drug-likeness (QED) is 0.602. The van der Waals surface area contributed by atoms with E-state index in [2.05, 4.69) is 10.1 Å². The largest absolute Gasteiger partial charge is 0.480 e. The van der Waals surface area contributed by atoms with Crippen LogP contribution in [-0.2, 0) is 14.3 Å². The molecule has 88 valence electrons. The third-order valence-electron chi connectivity index (χ3n) is 1.70. The summed E-state index contributed by atoms with van der Waals surface area (Å²) in [6, 6.07) is -0.938. The number of halogens is 1. The molecule has 0 fully saturated rings. The van der Waals surface area contributed by atoms with Gasteiger partial charge in [-0.25, -0.2) is 9.18 Å². The van der Waals surface area contributed by atoms with E-state index in [1.54, 1.807) is 13.8 Å². The molecule has 0 radical (unpaired) electrons. The van der Waals surface area contributed by atoms with E-state index < -0.39 is 24.6 Å². The molecule has 0 heterocycles. The molecule has 1 amide bonds. The van der Waals surface area contributed by atoms with Gasteiger partial charge in [0.2, 0.25) is 5.91 Å². The summed E-state index contributed by atoms with van der Waals surface area (Å²) < 4.78 is 16.2. The average Bonchev–Trinajstić information content (AvgIpc) is 2.13. The highest BCUT2D eigenvalue weighted by Crippen LogP contribution is 2.01. The Bertz CT molecular complexity index is 220. The van der Waals surface area contributed by atoms with E-state index in [0.717, 1.165) is 0 Å². The van der Waals surface area contributed by atoms with Crippen molar-refractivity contribution in [1.29, 1.82) is 0 Å². The Labute approximate surface area is 87.6 Å². The van der Waals surface area contributed by atoms with Crippen LogP contribution in [0.25, 0.3) is 0 Å². The zero-order chi connectivity index (χ0) is 11.8. The number of carbonyl (C=O) groups is 2. The minimum absolute atomic E-state index is 0.160. The first-order valence-electron chi connectivity index (χ1n) is 4.65. The summed E-state index contributed by atoms with van der Waals surface area (Å²) in [6.45, 7) is 2.22. The van der Waals surface area contributed by atoms with Crippen LogP contribution in [0, 0.1) is 5.92 Å². The number of amides is 1. The molecule has 5 nitrogen and oxygen atoms in total. The van der Waals surface area contributed by atoms with Crippen molar-refractivity contribution in [3.8, 4) is 0 Å². The Hall–Kier alpha value is -1.17. The third kappa shape index (κ3) is 6.01. The van der Waals surface area contributed by atoms with Crippen molar-refractivity contribution in [2.45, 2.75) is 19.9 Å². The van der Waals surface area contributed by atoms with Crippen LogP contribution in [0.5, 0.6) is 0 Å². The van der Waals surface area contributed by atoms with Gasteiger partial charge in [0.05, 0.1) is 6.61 Å². The summed E-state index contributed by atoms with van der Waals surface area (Å²) >= 11 is 0. The van der Waals surface area contributed by atoms with Crippen LogP contribution in [0.15, 0.2) is 0 Å². The van der Waals surface area contributed by atoms with Gasteiger partial charge >= 0.3 is 5.97 Å². The molecule has 0 saturated carbocycles. The number of ether oxygens (including phenoxy) is 1. The van der Waals surface area contributed by atoms with Crippen LogP contribution in [0.3, 0.4) is 0 Å². The first-order valence-corrected chi connectivity index (χ1v) is 4.65. The predicted molar refractivity (Wildman–Crippen MR) is 51.2 cm³/mol. The van der Waals surface area contributed by atoms with E-state index in [9.17, 15) is 14.0 Å². The molecule has 6 heteroatoms. The van der Waals surface area contributed by atoms with Gasteiger partial charge in [0.25, 0.3) is 0 Å². The monoisotopic (exact) mass is 221 g/mol. The molecule has 2 N–H and O–H groups in total. The molecular formula is C9H16FNO4. The van der Waals surface area contributed by atoms with E-state index in [1.807, 2.05) is 0 Å². The van der Waals surface area contributed by atoms with Gasteiger partial charge in [-0.15, -0.1) is 0 Å². The van der Waals surface area contributed by atoms with Gasteiger partial charge in [0, 0.05) is 0 Å². The van der Waals surface area contributed by atoms with E-state index in [0.29, 0.717) is 0 Å². The molecule has 0 aromatic heterocycles. The van der Waals surface area contributed by atoms with Crippen molar-refractivity contribution in [1.82, 2.24) is 5.32 Å². The smallest absolute Gasteiger partial charge is 0.326 e. The van der Waals surface area contributed by atoms with E-state index in [-0.39, 0.29) is 19.1 Å². The molecule has 0 aliphatic carbocycles. The van der Waals surface area contributed by atoms with Crippen molar-refractivity contribution in [3.63, 3.8) is 0 Å². The summed E-state index contributed by atoms with van der Waals surface area (Å²) in [5, 5.41) is 11.0. The number of carboxylic acids is 1. The van der Waals surface area contributed by atoms with Gasteiger partial charge in [0.1, 0.15) is 19.3 Å². The summed E-state index contributed by atoms with van der Waals surface area (Å²) in [6.07, 6.45) is 0. The van der Waals surface area contributed by atoms with Gasteiger partial charge in [-0.2, -0.15) is 0 Å². The minimum Gasteiger partial charge on any atom is -0.480 e. The lowest BCUT2D eigenvalue weighted by atomic mass is 10.1. The van der Waals surface area contributed by atoms with Gasteiger partial charge in [0.15, 0.2) is 0 Å². The second-order valence-electron chi connectivity index (χ2n) is 3.37. The number of carboxylic acid groups (broad SMARTS) is 1. The zero-order valence-corrected chi connectivity index (χ0v) is 8.83. The van der Waals surface area contributed by atoms with Crippen LogP contribution >= 0.6 is 0 Å². The second-order valence-corrected chi connectivity index (χ2v) is 3.37. The maximum Gasteiger partial charge on any atom is 0.326 e. The minimum atomic E-state index is -1.09. The fourth-order valence-corrected chi connectivity index (χ4v) is 0.948. The summed E-state index contributed by atoms with van der Waals surface area (Å²) in [4.78, 5) is 21.8. The van der Waals surface area contributed by atoms with E-state index in [4.69, 9.17) is 5.11 Å². The van der Waals surface area contributed by atoms with E-state index >= 15 is 0 Å². The van der Waals surface area contributed by atoms with Crippen LogP contribution in [0.1, 0.15) is 13.8 Å². The molecule has 0 bridgehead atoms. The van der Waals surface area contributed by atoms with Crippen molar-refractivity contribution in [2.24, 2.45) is 5.92 Å². The number of carbonyl (C=O) groups excluding carboxylic acids is 1. The standard InChI is InChI=1S/C9H16FNO4/c1-6(2)8(9(13)14)11-7(12)5-15-4-3-10/h6,8H,3-5H2,1-2H3,(H,11,12)(H,13,14). The Morgan fingerprint density at radius 1 is 1.47 bits per heavy atom. The first kappa shape index (κ1) is 13.8. The molecule has 1 unspecified atom stereocenters. The number of aliphatic carboxylic acids is 1. The summed E-state index contributed by atoms with van der Waals surface area (Å²) in [5.74, 6) is -1.86. The number of hydrogen-bond acceptors (Lipinski definition) is 3. The molecule has 1 atom stereocenters. The van der Waals surface area contributed by atoms with Crippen molar-refractivity contribution in [2.75, 3.05) is 19.9 Å². The predicted octanol–water partition coefficient (Wildman–Crippen LogP) is 0.198. The lowest BCUT2D eigenvalue weighted by molar-refractivity contribution is -0.143. The Morgan fingerprint density at radius 2 is 2.07 bits per heavy atom. The maximum absolute atomic E-state index is 11.6. The van der Waals surface area contributed by atoms with Crippen LogP contribution in [0.2, 0.25) is 0 Å². The van der Waals surface area contributed by atoms with Crippen LogP contribution in [-0.4, -0.2) is 42.9 Å². The summed E-state index contributed by atoms with van der Waals surface area (Å²) in [5.41, 5.74) is 0. The summed E-state index contributed by atoms with van der Waals surface area (Å²) in [7, 11) is 0. The fourth-order valence-electron chi connectivity index (χ4n) is 0.948.